The molecule has 0 radical (unpaired) electrons. The number of aromatic amines is 2. The minimum absolute atomic E-state index is 0.187. The highest BCUT2D eigenvalue weighted by Crippen LogP contribution is 2.35. The largest absolute Gasteiger partial charge is 0.495 e. The predicted octanol–water partition coefficient (Wildman–Crippen LogP) is 0.915. The average Bonchev–Trinajstić information content (AvgIpc) is 2.47. The molecule has 2 aromatic rings. The number of H-pyrrole nitrogens is 2. The molecule has 3 N–H and O–H groups in total. The van der Waals surface area contributed by atoms with E-state index in [4.69, 9.17) is 21.1 Å². The van der Waals surface area contributed by atoms with Crippen molar-refractivity contribution in [1.29, 1.82) is 0 Å². The van der Waals surface area contributed by atoms with Crippen molar-refractivity contribution in [3.8, 4) is 11.5 Å². The Morgan fingerprint density at radius 2 is 1.83 bits per heavy atom. The van der Waals surface area contributed by atoms with Gasteiger partial charge < -0.3 is 19.8 Å². The maximum Gasteiger partial charge on any atom is 0.325 e. The number of aromatic nitrogens is 2. The highest BCUT2D eigenvalue weighted by Gasteiger charge is 2.13. The van der Waals surface area contributed by atoms with Crippen LogP contribution in [0.15, 0.2) is 27.8 Å². The molecule has 1 aromatic heterocycles. The average molecular weight is 340 g/mol. The van der Waals surface area contributed by atoms with Crippen molar-refractivity contribution in [3.63, 3.8) is 0 Å². The van der Waals surface area contributed by atoms with Crippen molar-refractivity contribution in [1.82, 2.24) is 9.97 Å². The zero-order valence-corrected chi connectivity index (χ0v) is 13.1. The van der Waals surface area contributed by atoms with Crippen LogP contribution in [-0.2, 0) is 11.2 Å². The molecule has 0 aliphatic rings. The number of rotatable bonds is 5. The summed E-state index contributed by atoms with van der Waals surface area (Å²) in [7, 11) is 2.88. The first-order valence-electron chi connectivity index (χ1n) is 6.47. The standard InChI is InChI=1S/C14H14ClN3O5/c1-22-10-6-9(11(23-2)5-8(10)15)17-12(19)3-7-4-13(20)18-14(21)16-7/h4-6H,3H2,1-2H3,(H,17,19)(H2,16,18,20,21). The van der Waals surface area contributed by atoms with Gasteiger partial charge in [0.2, 0.25) is 5.91 Å². The molecule has 2 rings (SSSR count). The van der Waals surface area contributed by atoms with Gasteiger partial charge in [-0.3, -0.25) is 14.6 Å². The van der Waals surface area contributed by atoms with Crippen molar-refractivity contribution in [3.05, 3.63) is 49.8 Å². The molecule has 0 aliphatic heterocycles. The molecule has 1 heterocycles. The van der Waals surface area contributed by atoms with Gasteiger partial charge in [0.05, 0.1) is 31.4 Å². The molecular formula is C14H14ClN3O5. The summed E-state index contributed by atoms with van der Waals surface area (Å²) in [5.41, 5.74) is -0.713. The Morgan fingerprint density at radius 3 is 2.43 bits per heavy atom. The van der Waals surface area contributed by atoms with E-state index in [0.29, 0.717) is 22.2 Å². The maximum atomic E-state index is 12.1. The van der Waals surface area contributed by atoms with E-state index in [0.717, 1.165) is 6.07 Å². The van der Waals surface area contributed by atoms with Crippen LogP contribution in [0.1, 0.15) is 5.69 Å². The zero-order chi connectivity index (χ0) is 17.0. The van der Waals surface area contributed by atoms with Gasteiger partial charge >= 0.3 is 5.69 Å². The molecule has 1 aromatic carbocycles. The summed E-state index contributed by atoms with van der Waals surface area (Å²) in [6.45, 7) is 0. The van der Waals surface area contributed by atoms with Gasteiger partial charge in [-0.05, 0) is 0 Å². The number of hydrogen-bond acceptors (Lipinski definition) is 5. The van der Waals surface area contributed by atoms with Crippen molar-refractivity contribution < 1.29 is 14.3 Å². The van der Waals surface area contributed by atoms with Gasteiger partial charge in [-0.1, -0.05) is 11.6 Å². The third-order valence-corrected chi connectivity index (χ3v) is 3.21. The van der Waals surface area contributed by atoms with Crippen molar-refractivity contribution in [2.75, 3.05) is 19.5 Å². The summed E-state index contributed by atoms with van der Waals surface area (Å²) in [6.07, 6.45) is -0.187. The van der Waals surface area contributed by atoms with E-state index in [1.54, 1.807) is 0 Å². The lowest BCUT2D eigenvalue weighted by molar-refractivity contribution is -0.115. The van der Waals surface area contributed by atoms with Crippen molar-refractivity contribution in [2.24, 2.45) is 0 Å². The minimum Gasteiger partial charge on any atom is -0.495 e. The third-order valence-electron chi connectivity index (χ3n) is 2.92. The fraction of sp³-hybridized carbons (Fsp3) is 0.214. The fourth-order valence-electron chi connectivity index (χ4n) is 1.94. The molecule has 8 nitrogen and oxygen atoms in total. The van der Waals surface area contributed by atoms with E-state index in [2.05, 4.69) is 10.3 Å². The molecule has 1 amide bonds. The fourth-order valence-corrected chi connectivity index (χ4v) is 2.17. The van der Waals surface area contributed by atoms with Crippen molar-refractivity contribution >= 4 is 23.2 Å². The molecule has 23 heavy (non-hydrogen) atoms. The van der Waals surface area contributed by atoms with Crippen LogP contribution >= 0.6 is 11.6 Å². The van der Waals surface area contributed by atoms with Crippen LogP contribution in [0.2, 0.25) is 5.02 Å². The lowest BCUT2D eigenvalue weighted by Gasteiger charge is -2.13. The Morgan fingerprint density at radius 1 is 1.13 bits per heavy atom. The van der Waals surface area contributed by atoms with E-state index in [9.17, 15) is 14.4 Å². The SMILES string of the molecule is COc1cc(NC(=O)Cc2cc(=O)[nH]c(=O)[nH]2)c(OC)cc1Cl. The smallest absolute Gasteiger partial charge is 0.325 e. The molecule has 0 saturated heterocycles. The van der Waals surface area contributed by atoms with Crippen molar-refractivity contribution in [2.45, 2.75) is 6.42 Å². The normalized spacial score (nSPS) is 10.2. The highest BCUT2D eigenvalue weighted by atomic mass is 35.5. The predicted molar refractivity (Wildman–Crippen MR) is 84.6 cm³/mol. The van der Waals surface area contributed by atoms with Gasteiger partial charge in [-0.2, -0.15) is 0 Å². The molecule has 0 spiro atoms. The van der Waals surface area contributed by atoms with Gasteiger partial charge in [0.15, 0.2) is 0 Å². The second-order valence-electron chi connectivity index (χ2n) is 4.52. The first-order chi connectivity index (χ1) is 10.9. The number of amides is 1. The molecular weight excluding hydrogens is 326 g/mol. The number of nitrogens with one attached hydrogen (secondary N) is 3. The van der Waals surface area contributed by atoms with Gasteiger partial charge in [0, 0.05) is 23.9 Å². The summed E-state index contributed by atoms with van der Waals surface area (Å²) < 4.78 is 10.2. The number of methoxy groups -OCH3 is 2. The van der Waals surface area contributed by atoms with Crippen LogP contribution in [0, 0.1) is 0 Å². The van der Waals surface area contributed by atoms with E-state index in [-0.39, 0.29) is 12.1 Å². The number of carbonyl (C=O) groups excluding carboxylic acids is 1. The van der Waals surface area contributed by atoms with E-state index in [1.807, 2.05) is 4.98 Å². The lowest BCUT2D eigenvalue weighted by atomic mass is 10.2. The summed E-state index contributed by atoms with van der Waals surface area (Å²) in [5.74, 6) is 0.268. The van der Waals surface area contributed by atoms with E-state index < -0.39 is 17.2 Å². The quantitative estimate of drug-likeness (QED) is 0.749. The van der Waals surface area contributed by atoms with Crippen LogP contribution in [0.4, 0.5) is 5.69 Å². The second kappa shape index (κ2) is 7.01. The highest BCUT2D eigenvalue weighted by molar-refractivity contribution is 6.32. The third kappa shape index (κ3) is 4.13. The summed E-state index contributed by atoms with van der Waals surface area (Å²) in [5, 5.41) is 2.95. The molecule has 0 bridgehead atoms. The first-order valence-corrected chi connectivity index (χ1v) is 6.84. The van der Waals surface area contributed by atoms with E-state index >= 15 is 0 Å². The number of halogens is 1. The monoisotopic (exact) mass is 339 g/mol. The Kier molecular flexibility index (Phi) is 5.07. The molecule has 122 valence electrons. The Labute approximate surface area is 135 Å². The Hall–Kier alpha value is -2.74. The number of ether oxygens (including phenoxy) is 2. The number of hydrogen-bond donors (Lipinski definition) is 3. The van der Waals surface area contributed by atoms with Gasteiger partial charge in [0.1, 0.15) is 11.5 Å². The van der Waals surface area contributed by atoms with Gasteiger partial charge in [0.25, 0.3) is 5.56 Å². The Balaban J connectivity index is 2.22. The molecule has 0 atom stereocenters. The second-order valence-corrected chi connectivity index (χ2v) is 4.93. The summed E-state index contributed by atoms with van der Waals surface area (Å²) in [6, 6.07) is 4.16. The Bertz CT molecular complexity index is 815. The number of anilines is 1. The van der Waals surface area contributed by atoms with Crippen LogP contribution in [0.25, 0.3) is 0 Å². The molecule has 0 saturated carbocycles. The van der Waals surface area contributed by atoms with Crippen LogP contribution in [0.5, 0.6) is 11.5 Å². The minimum atomic E-state index is -0.675. The molecule has 0 fully saturated rings. The van der Waals surface area contributed by atoms with Gasteiger partial charge in [-0.15, -0.1) is 0 Å². The number of benzene rings is 1. The van der Waals surface area contributed by atoms with Gasteiger partial charge in [-0.25, -0.2) is 4.79 Å². The summed E-state index contributed by atoms with van der Waals surface area (Å²) >= 11 is 5.99. The maximum absolute atomic E-state index is 12.1. The number of carbonyl (C=O) groups is 1. The molecule has 0 unspecified atom stereocenters. The molecule has 0 aliphatic carbocycles. The summed E-state index contributed by atoms with van der Waals surface area (Å²) in [4.78, 5) is 38.9. The van der Waals surface area contributed by atoms with E-state index in [1.165, 1.54) is 26.4 Å². The van der Waals surface area contributed by atoms with Crippen LogP contribution in [-0.4, -0.2) is 30.1 Å². The first kappa shape index (κ1) is 16.6. The van der Waals surface area contributed by atoms with Crippen LogP contribution in [0.3, 0.4) is 0 Å². The lowest BCUT2D eigenvalue weighted by Crippen LogP contribution is -2.25. The molecule has 9 heteroatoms. The van der Waals surface area contributed by atoms with Crippen LogP contribution < -0.4 is 26.0 Å². The topological polar surface area (TPSA) is 113 Å². The zero-order valence-electron chi connectivity index (χ0n) is 12.4.